The van der Waals surface area contributed by atoms with Gasteiger partial charge in [0.1, 0.15) is 15.7 Å². The molecule has 0 radical (unpaired) electrons. The standard InChI is InChI=1S/C23H28B2S5/c1-7(2)12-8(3)9(4)13-15(17(24)11(6)19(26)16(13)18(12)25)14-10(5)20(27)22(29)23(30)21(14)28/h7,26-30H,24-25H2,1-6H3. The van der Waals surface area contributed by atoms with Crippen LogP contribution in [-0.2, 0) is 0 Å². The van der Waals surface area contributed by atoms with Crippen LogP contribution in [0.5, 0.6) is 0 Å². The van der Waals surface area contributed by atoms with Crippen LogP contribution in [0.25, 0.3) is 21.9 Å². The Balaban J connectivity index is 2.73. The Hall–Kier alpha value is -0.200. The maximum atomic E-state index is 5.01. The van der Waals surface area contributed by atoms with Gasteiger partial charge in [-0.2, -0.15) is 0 Å². The first kappa shape index (κ1) is 24.4. The van der Waals surface area contributed by atoms with Crippen molar-refractivity contribution in [2.24, 2.45) is 0 Å². The summed E-state index contributed by atoms with van der Waals surface area (Å²) in [7, 11) is 4.42. The molecule has 0 saturated carbocycles. The number of benzene rings is 3. The predicted octanol–water partition coefficient (Wildman–Crippen LogP) is 4.82. The van der Waals surface area contributed by atoms with Gasteiger partial charge in [-0.15, -0.1) is 63.1 Å². The molecule has 0 aliphatic heterocycles. The largest absolute Gasteiger partial charge is 0.143 e. The lowest BCUT2D eigenvalue weighted by Crippen LogP contribution is -2.22. The van der Waals surface area contributed by atoms with Crippen molar-refractivity contribution >= 4 is 101 Å². The molecule has 3 aromatic rings. The fourth-order valence-corrected chi connectivity index (χ4v) is 6.57. The minimum atomic E-state index is 0.449. The van der Waals surface area contributed by atoms with Gasteiger partial charge in [-0.1, -0.05) is 24.8 Å². The Kier molecular flexibility index (Phi) is 7.03. The summed E-state index contributed by atoms with van der Waals surface area (Å²) in [5.41, 5.74) is 11.2. The van der Waals surface area contributed by atoms with Crippen LogP contribution >= 0.6 is 63.1 Å². The third kappa shape index (κ3) is 3.48. The van der Waals surface area contributed by atoms with Gasteiger partial charge < -0.3 is 0 Å². The Morgan fingerprint density at radius 1 is 0.533 bits per heavy atom. The molecule has 0 heterocycles. The fourth-order valence-electron chi connectivity index (χ4n) is 4.83. The summed E-state index contributed by atoms with van der Waals surface area (Å²) >= 11 is 24.0. The van der Waals surface area contributed by atoms with Crippen LogP contribution in [0, 0.1) is 27.7 Å². The van der Waals surface area contributed by atoms with Gasteiger partial charge >= 0.3 is 0 Å². The predicted molar refractivity (Wildman–Crippen MR) is 155 cm³/mol. The number of aryl methyl sites for hydroxylation is 1. The molecular formula is C23H28B2S5. The Bertz CT molecular complexity index is 1200. The molecule has 0 unspecified atom stereocenters. The van der Waals surface area contributed by atoms with E-state index in [0.717, 1.165) is 35.6 Å². The third-order valence-electron chi connectivity index (χ3n) is 6.62. The smallest absolute Gasteiger partial charge is 0.140 e. The lowest BCUT2D eigenvalue weighted by Gasteiger charge is -2.27. The van der Waals surface area contributed by atoms with Crippen LogP contribution in [0.2, 0.25) is 0 Å². The molecule has 0 aromatic heterocycles. The zero-order chi connectivity index (χ0) is 22.8. The van der Waals surface area contributed by atoms with Gasteiger partial charge in [0, 0.05) is 30.0 Å². The highest BCUT2D eigenvalue weighted by molar-refractivity contribution is 7.86. The molecule has 0 nitrogen and oxygen atoms in total. The molecule has 7 heteroatoms. The monoisotopic (exact) mass is 486 g/mol. The molecule has 0 aliphatic rings. The van der Waals surface area contributed by atoms with Crippen LogP contribution in [0.4, 0.5) is 0 Å². The zero-order valence-electron chi connectivity index (χ0n) is 18.8. The highest BCUT2D eigenvalue weighted by atomic mass is 32.1. The summed E-state index contributed by atoms with van der Waals surface area (Å²) in [6, 6.07) is 0. The van der Waals surface area contributed by atoms with E-state index < -0.39 is 0 Å². The molecule has 3 aromatic carbocycles. The molecule has 0 atom stereocenters. The van der Waals surface area contributed by atoms with Crippen molar-refractivity contribution in [3.05, 3.63) is 27.8 Å². The summed E-state index contributed by atoms with van der Waals surface area (Å²) in [5.74, 6) is 0.449. The molecule has 30 heavy (non-hydrogen) atoms. The number of rotatable bonds is 2. The van der Waals surface area contributed by atoms with Crippen LogP contribution in [0.1, 0.15) is 47.6 Å². The SMILES string of the molecule is Bc1c(C)c(S)c2c(B)c(C(C)C)c(C)c(C)c2c1-c1c(C)c(S)c(S)c(S)c1S. The van der Waals surface area contributed by atoms with E-state index >= 15 is 0 Å². The molecule has 3 rings (SSSR count). The van der Waals surface area contributed by atoms with Crippen LogP contribution in [0.15, 0.2) is 24.5 Å². The van der Waals surface area contributed by atoms with E-state index in [-0.39, 0.29) is 0 Å². The first-order chi connectivity index (χ1) is 13.8. The fraction of sp³-hybridized carbons (Fsp3) is 0.304. The van der Waals surface area contributed by atoms with Crippen molar-refractivity contribution in [2.45, 2.75) is 71.9 Å². The summed E-state index contributed by atoms with van der Waals surface area (Å²) in [6.45, 7) is 13.3. The van der Waals surface area contributed by atoms with Crippen molar-refractivity contribution in [2.75, 3.05) is 0 Å². The van der Waals surface area contributed by atoms with E-state index in [9.17, 15) is 0 Å². The summed E-state index contributed by atoms with van der Waals surface area (Å²) < 4.78 is 0. The minimum Gasteiger partial charge on any atom is -0.143 e. The summed E-state index contributed by atoms with van der Waals surface area (Å²) in [6.07, 6.45) is 0. The maximum absolute atomic E-state index is 5.01. The van der Waals surface area contributed by atoms with Gasteiger partial charge in [-0.3, -0.25) is 0 Å². The van der Waals surface area contributed by atoms with Crippen molar-refractivity contribution < 1.29 is 0 Å². The van der Waals surface area contributed by atoms with Gasteiger partial charge in [0.15, 0.2) is 0 Å². The number of hydrogen-bond acceptors (Lipinski definition) is 5. The Labute approximate surface area is 210 Å². The van der Waals surface area contributed by atoms with E-state index in [1.807, 2.05) is 0 Å². The molecule has 0 saturated heterocycles. The van der Waals surface area contributed by atoms with E-state index in [1.165, 1.54) is 49.5 Å². The molecule has 0 bridgehead atoms. The minimum absolute atomic E-state index is 0.449. The van der Waals surface area contributed by atoms with Crippen molar-refractivity contribution in [1.82, 2.24) is 0 Å². The van der Waals surface area contributed by atoms with Gasteiger partial charge in [0.25, 0.3) is 0 Å². The van der Waals surface area contributed by atoms with Gasteiger partial charge in [-0.25, -0.2) is 0 Å². The van der Waals surface area contributed by atoms with Gasteiger partial charge in [-0.05, 0) is 77.8 Å². The Morgan fingerprint density at radius 3 is 1.60 bits per heavy atom. The van der Waals surface area contributed by atoms with Crippen molar-refractivity contribution in [3.8, 4) is 11.1 Å². The molecule has 0 aliphatic carbocycles. The van der Waals surface area contributed by atoms with Crippen LogP contribution in [-0.4, -0.2) is 15.7 Å². The lowest BCUT2D eigenvalue weighted by atomic mass is 9.72. The zero-order valence-corrected chi connectivity index (χ0v) is 23.3. The molecule has 0 fully saturated rings. The first-order valence-electron chi connectivity index (χ1n) is 10.1. The second-order valence-corrected chi connectivity index (χ2v) is 10.8. The number of hydrogen-bond donors (Lipinski definition) is 5. The molecular weight excluding hydrogens is 458 g/mol. The van der Waals surface area contributed by atoms with E-state index in [2.05, 4.69) is 69.9 Å². The molecule has 0 spiro atoms. The highest BCUT2D eigenvalue weighted by Gasteiger charge is 2.25. The number of fused-ring (bicyclic) bond motifs is 1. The highest BCUT2D eigenvalue weighted by Crippen LogP contribution is 2.45. The Morgan fingerprint density at radius 2 is 1.07 bits per heavy atom. The third-order valence-corrected chi connectivity index (χ3v) is 9.61. The second kappa shape index (κ2) is 8.62. The van der Waals surface area contributed by atoms with E-state index in [0.29, 0.717) is 5.92 Å². The van der Waals surface area contributed by atoms with Gasteiger partial charge in [0.2, 0.25) is 0 Å². The maximum Gasteiger partial charge on any atom is 0.140 e. The quantitative estimate of drug-likeness (QED) is 0.249. The first-order valence-corrected chi connectivity index (χ1v) is 12.3. The van der Waals surface area contributed by atoms with Crippen LogP contribution in [0.3, 0.4) is 0 Å². The van der Waals surface area contributed by atoms with Crippen molar-refractivity contribution in [1.29, 1.82) is 0 Å². The van der Waals surface area contributed by atoms with Crippen molar-refractivity contribution in [3.63, 3.8) is 0 Å². The lowest BCUT2D eigenvalue weighted by molar-refractivity contribution is 0.862. The second-order valence-electron chi connectivity index (χ2n) is 8.56. The topological polar surface area (TPSA) is 0 Å². The van der Waals surface area contributed by atoms with E-state index in [4.69, 9.17) is 50.5 Å². The van der Waals surface area contributed by atoms with Gasteiger partial charge in [0.05, 0.1) is 0 Å². The van der Waals surface area contributed by atoms with Crippen LogP contribution < -0.4 is 10.9 Å². The van der Waals surface area contributed by atoms with E-state index in [1.54, 1.807) is 0 Å². The average molecular weight is 486 g/mol. The average Bonchev–Trinajstić information content (AvgIpc) is 2.68. The normalized spacial score (nSPS) is 11.7. The molecule has 156 valence electrons. The molecule has 0 amide bonds. The number of thiol groups is 5. The molecule has 0 N–H and O–H groups in total. The summed E-state index contributed by atoms with van der Waals surface area (Å²) in [4.78, 5) is 4.29. The summed E-state index contributed by atoms with van der Waals surface area (Å²) in [5, 5.41) is 2.50.